The third kappa shape index (κ3) is 4.02. The van der Waals surface area contributed by atoms with Crippen LogP contribution >= 0.6 is 0 Å². The van der Waals surface area contributed by atoms with Crippen LogP contribution in [0.15, 0.2) is 42.0 Å². The van der Waals surface area contributed by atoms with Crippen molar-refractivity contribution < 1.29 is 28.6 Å². The summed E-state index contributed by atoms with van der Waals surface area (Å²) in [6.07, 6.45) is 0.204. The van der Waals surface area contributed by atoms with E-state index in [9.17, 15) is 14.4 Å². The average molecular weight is 358 g/mol. The van der Waals surface area contributed by atoms with Crippen LogP contribution in [0, 0.1) is 0 Å². The SMILES string of the molecule is C=C(C=O)[C@@H]1Oc2ccc([C@@H](C)OC(=O)C(C)=CC)cc2[C@@H]1OC(C)=O. The lowest BCUT2D eigenvalue weighted by atomic mass is 9.99. The van der Waals surface area contributed by atoms with Crippen molar-refractivity contribution in [1.29, 1.82) is 0 Å². The Labute approximate surface area is 152 Å². The van der Waals surface area contributed by atoms with E-state index in [4.69, 9.17) is 14.2 Å². The molecule has 3 atom stereocenters. The highest BCUT2D eigenvalue weighted by Crippen LogP contribution is 2.42. The highest BCUT2D eigenvalue weighted by Gasteiger charge is 2.39. The maximum absolute atomic E-state index is 11.9. The first kappa shape index (κ1) is 19.4. The lowest BCUT2D eigenvalue weighted by Gasteiger charge is -2.18. The fraction of sp³-hybridized carbons (Fsp3) is 0.350. The van der Waals surface area contributed by atoms with Crippen LogP contribution in [0.1, 0.15) is 51.0 Å². The monoisotopic (exact) mass is 358 g/mol. The minimum atomic E-state index is -0.777. The summed E-state index contributed by atoms with van der Waals surface area (Å²) < 4.78 is 16.5. The van der Waals surface area contributed by atoms with Crippen molar-refractivity contribution in [3.8, 4) is 5.75 Å². The maximum atomic E-state index is 11.9. The lowest BCUT2D eigenvalue weighted by Crippen LogP contribution is -2.25. The summed E-state index contributed by atoms with van der Waals surface area (Å²) >= 11 is 0. The van der Waals surface area contributed by atoms with Gasteiger partial charge in [0.05, 0.1) is 0 Å². The molecule has 6 heteroatoms. The van der Waals surface area contributed by atoms with Crippen molar-refractivity contribution in [2.75, 3.05) is 0 Å². The Morgan fingerprint density at radius 1 is 1.31 bits per heavy atom. The van der Waals surface area contributed by atoms with E-state index in [1.165, 1.54) is 6.92 Å². The van der Waals surface area contributed by atoms with Gasteiger partial charge in [-0.15, -0.1) is 0 Å². The van der Waals surface area contributed by atoms with Gasteiger partial charge in [-0.2, -0.15) is 0 Å². The molecule has 1 aromatic rings. The van der Waals surface area contributed by atoms with E-state index in [-0.39, 0.29) is 5.57 Å². The fourth-order valence-corrected chi connectivity index (χ4v) is 2.59. The van der Waals surface area contributed by atoms with E-state index in [1.807, 2.05) is 0 Å². The van der Waals surface area contributed by atoms with Crippen molar-refractivity contribution in [2.45, 2.75) is 46.0 Å². The molecule has 0 amide bonds. The standard InChI is InChI=1S/C20H22O6/c1-6-11(2)20(23)24-13(4)15-7-8-17-16(9-15)19(25-14(5)22)18(26-17)12(3)10-21/h6-10,13,18-19H,3H2,1-2,4-5H3/t13-,18+,19+/m1/s1. The second kappa shape index (κ2) is 7.99. The second-order valence-electron chi connectivity index (χ2n) is 6.08. The van der Waals surface area contributed by atoms with Gasteiger partial charge in [-0.3, -0.25) is 9.59 Å². The molecule has 0 N–H and O–H groups in total. The molecule has 0 radical (unpaired) electrons. The van der Waals surface area contributed by atoms with Crippen molar-refractivity contribution in [3.05, 3.63) is 53.1 Å². The summed E-state index contributed by atoms with van der Waals surface area (Å²) in [6, 6.07) is 5.22. The van der Waals surface area contributed by atoms with E-state index >= 15 is 0 Å². The Morgan fingerprint density at radius 3 is 2.58 bits per heavy atom. The van der Waals surface area contributed by atoms with Gasteiger partial charge in [-0.25, -0.2) is 4.79 Å². The second-order valence-corrected chi connectivity index (χ2v) is 6.08. The summed E-state index contributed by atoms with van der Waals surface area (Å²) in [5.41, 5.74) is 2.02. The van der Waals surface area contributed by atoms with Gasteiger partial charge in [0.25, 0.3) is 0 Å². The van der Waals surface area contributed by atoms with Crippen LogP contribution in [0.3, 0.4) is 0 Å². The number of carbonyl (C=O) groups is 3. The predicted molar refractivity (Wildman–Crippen MR) is 94.5 cm³/mol. The van der Waals surface area contributed by atoms with Crippen LogP contribution in [0.2, 0.25) is 0 Å². The predicted octanol–water partition coefficient (Wildman–Crippen LogP) is 3.38. The van der Waals surface area contributed by atoms with Crippen LogP contribution in [-0.2, 0) is 23.9 Å². The number of esters is 2. The molecule has 6 nitrogen and oxygen atoms in total. The Morgan fingerprint density at radius 2 is 2.00 bits per heavy atom. The van der Waals surface area contributed by atoms with E-state index in [1.54, 1.807) is 45.0 Å². The molecule has 1 aliphatic rings. The summed E-state index contributed by atoms with van der Waals surface area (Å²) in [5, 5.41) is 0. The van der Waals surface area contributed by atoms with E-state index < -0.39 is 30.3 Å². The molecular formula is C20H22O6. The molecule has 0 saturated carbocycles. The molecular weight excluding hydrogens is 336 g/mol. The first-order valence-corrected chi connectivity index (χ1v) is 8.24. The maximum Gasteiger partial charge on any atom is 0.333 e. The number of ether oxygens (including phenoxy) is 3. The molecule has 26 heavy (non-hydrogen) atoms. The summed E-state index contributed by atoms with van der Waals surface area (Å²) in [4.78, 5) is 34.5. The zero-order valence-electron chi connectivity index (χ0n) is 15.3. The summed E-state index contributed by atoms with van der Waals surface area (Å²) in [5.74, 6) is -0.402. The number of aldehydes is 1. The van der Waals surface area contributed by atoms with E-state index in [0.29, 0.717) is 23.2 Å². The van der Waals surface area contributed by atoms with Gasteiger partial charge in [0, 0.05) is 23.6 Å². The zero-order chi connectivity index (χ0) is 19.4. The molecule has 1 aliphatic heterocycles. The Kier molecular flexibility index (Phi) is 5.97. The number of allylic oxidation sites excluding steroid dienone is 1. The van der Waals surface area contributed by atoms with Gasteiger partial charge in [0.15, 0.2) is 12.2 Å². The van der Waals surface area contributed by atoms with E-state index in [2.05, 4.69) is 6.58 Å². The smallest absolute Gasteiger partial charge is 0.333 e. The van der Waals surface area contributed by atoms with E-state index in [0.717, 1.165) is 5.56 Å². The molecule has 0 unspecified atom stereocenters. The minimum Gasteiger partial charge on any atom is -0.481 e. The highest BCUT2D eigenvalue weighted by atomic mass is 16.6. The van der Waals surface area contributed by atoms with Crippen molar-refractivity contribution in [3.63, 3.8) is 0 Å². The van der Waals surface area contributed by atoms with Gasteiger partial charge in [0.1, 0.15) is 18.1 Å². The van der Waals surface area contributed by atoms with Gasteiger partial charge in [-0.1, -0.05) is 18.7 Å². The third-order valence-corrected chi connectivity index (χ3v) is 4.19. The topological polar surface area (TPSA) is 78.9 Å². The van der Waals surface area contributed by atoms with Gasteiger partial charge in [0.2, 0.25) is 0 Å². The Hall–Kier alpha value is -2.89. The molecule has 2 rings (SSSR count). The van der Waals surface area contributed by atoms with Crippen LogP contribution in [0.5, 0.6) is 5.75 Å². The first-order chi connectivity index (χ1) is 12.3. The highest BCUT2D eigenvalue weighted by molar-refractivity contribution is 5.87. The molecule has 1 aromatic carbocycles. The fourth-order valence-electron chi connectivity index (χ4n) is 2.59. The molecule has 0 aromatic heterocycles. The van der Waals surface area contributed by atoms with Crippen LogP contribution < -0.4 is 4.74 Å². The quantitative estimate of drug-likeness (QED) is 0.441. The minimum absolute atomic E-state index is 0.178. The Bertz CT molecular complexity index is 777. The lowest BCUT2D eigenvalue weighted by molar-refractivity contribution is -0.149. The molecule has 0 fully saturated rings. The molecule has 0 bridgehead atoms. The van der Waals surface area contributed by atoms with Crippen LogP contribution in [0.25, 0.3) is 0 Å². The summed E-state index contributed by atoms with van der Waals surface area (Å²) in [6.45, 7) is 10.1. The zero-order valence-corrected chi connectivity index (χ0v) is 15.3. The molecule has 138 valence electrons. The molecule has 0 saturated heterocycles. The number of fused-ring (bicyclic) bond motifs is 1. The van der Waals surface area contributed by atoms with Crippen molar-refractivity contribution in [1.82, 2.24) is 0 Å². The molecule has 0 aliphatic carbocycles. The number of rotatable bonds is 6. The first-order valence-electron chi connectivity index (χ1n) is 8.24. The largest absolute Gasteiger partial charge is 0.481 e. The molecule has 1 heterocycles. The number of hydrogen-bond acceptors (Lipinski definition) is 6. The third-order valence-electron chi connectivity index (χ3n) is 4.19. The van der Waals surface area contributed by atoms with Gasteiger partial charge in [-0.05, 0) is 38.5 Å². The van der Waals surface area contributed by atoms with Gasteiger partial charge < -0.3 is 14.2 Å². The van der Waals surface area contributed by atoms with Crippen molar-refractivity contribution >= 4 is 18.2 Å². The van der Waals surface area contributed by atoms with Crippen LogP contribution in [-0.4, -0.2) is 24.3 Å². The summed E-state index contributed by atoms with van der Waals surface area (Å²) in [7, 11) is 0. The number of benzene rings is 1. The van der Waals surface area contributed by atoms with Gasteiger partial charge >= 0.3 is 11.9 Å². The van der Waals surface area contributed by atoms with Crippen molar-refractivity contribution in [2.24, 2.45) is 0 Å². The normalized spacial score (nSPS) is 19.8. The molecule has 0 spiro atoms. The number of hydrogen-bond donors (Lipinski definition) is 0. The number of carbonyl (C=O) groups excluding carboxylic acids is 3. The Balaban J connectivity index is 2.31. The average Bonchev–Trinajstić information content (AvgIpc) is 2.97. The van der Waals surface area contributed by atoms with Crippen LogP contribution in [0.4, 0.5) is 0 Å².